The van der Waals surface area contributed by atoms with E-state index in [-0.39, 0.29) is 12.4 Å². The Kier molecular flexibility index (Phi) is 3.89. The lowest BCUT2D eigenvalue weighted by Crippen LogP contribution is -2.41. The lowest BCUT2D eigenvalue weighted by Gasteiger charge is -2.30. The molecule has 1 N–H and O–H groups in total. The Morgan fingerprint density at radius 3 is 2.74 bits per heavy atom. The van der Waals surface area contributed by atoms with Gasteiger partial charge in [-0.15, -0.1) is 0 Å². The van der Waals surface area contributed by atoms with Gasteiger partial charge in [-0.1, -0.05) is 0 Å². The number of benzene rings is 1. The number of halogens is 2. The van der Waals surface area contributed by atoms with Crippen LogP contribution < -0.4 is 0 Å². The smallest absolute Gasteiger partial charge is 0.315 e. The predicted octanol–water partition coefficient (Wildman–Crippen LogP) is 2.19. The SMILES string of the molecule is CC(C(=O)O)C(=O)N1CCc2cc(Br)c(F)cc2C1. The van der Waals surface area contributed by atoms with Gasteiger partial charge in [-0.3, -0.25) is 9.59 Å². The molecule has 1 amide bonds. The summed E-state index contributed by atoms with van der Waals surface area (Å²) in [4.78, 5) is 24.2. The van der Waals surface area contributed by atoms with Gasteiger partial charge in [0, 0.05) is 13.1 Å². The number of carboxylic acids is 1. The fraction of sp³-hybridized carbons (Fsp3) is 0.385. The third-order valence-electron chi connectivity index (χ3n) is 3.31. The molecule has 1 aliphatic rings. The van der Waals surface area contributed by atoms with Crippen LogP contribution in [0.1, 0.15) is 18.1 Å². The second-order valence-corrected chi connectivity index (χ2v) is 5.46. The maximum Gasteiger partial charge on any atom is 0.315 e. The van der Waals surface area contributed by atoms with E-state index in [2.05, 4.69) is 15.9 Å². The minimum Gasteiger partial charge on any atom is -0.481 e. The van der Waals surface area contributed by atoms with Gasteiger partial charge in [-0.25, -0.2) is 4.39 Å². The summed E-state index contributed by atoms with van der Waals surface area (Å²) < 4.78 is 13.9. The van der Waals surface area contributed by atoms with Gasteiger partial charge < -0.3 is 10.0 Å². The molecule has 1 aromatic rings. The number of carbonyl (C=O) groups is 2. The zero-order valence-corrected chi connectivity index (χ0v) is 11.9. The number of amides is 1. The van der Waals surface area contributed by atoms with E-state index in [4.69, 9.17) is 5.11 Å². The minimum absolute atomic E-state index is 0.260. The predicted molar refractivity (Wildman–Crippen MR) is 70.0 cm³/mol. The van der Waals surface area contributed by atoms with Crippen molar-refractivity contribution in [1.82, 2.24) is 4.90 Å². The Hall–Kier alpha value is -1.43. The molecule has 4 nitrogen and oxygen atoms in total. The van der Waals surface area contributed by atoms with Crippen molar-refractivity contribution in [3.8, 4) is 0 Å². The Balaban J connectivity index is 2.20. The van der Waals surface area contributed by atoms with Crippen molar-refractivity contribution < 1.29 is 19.1 Å². The molecule has 0 spiro atoms. The zero-order valence-electron chi connectivity index (χ0n) is 10.3. The number of carboxylic acid groups (broad SMARTS) is 1. The lowest BCUT2D eigenvalue weighted by molar-refractivity contribution is -0.150. The number of carbonyl (C=O) groups excluding carboxylic acids is 1. The van der Waals surface area contributed by atoms with E-state index >= 15 is 0 Å². The summed E-state index contributed by atoms with van der Waals surface area (Å²) in [6, 6.07) is 3.11. The number of fused-ring (bicyclic) bond motifs is 1. The molecule has 2 rings (SSSR count). The van der Waals surface area contributed by atoms with E-state index < -0.39 is 17.8 Å². The summed E-state index contributed by atoms with van der Waals surface area (Å²) >= 11 is 3.13. The Morgan fingerprint density at radius 2 is 2.11 bits per heavy atom. The number of nitrogens with zero attached hydrogens (tertiary/aromatic N) is 1. The average Bonchev–Trinajstić information content (AvgIpc) is 2.37. The molecule has 0 aliphatic carbocycles. The molecule has 0 aromatic heterocycles. The largest absolute Gasteiger partial charge is 0.481 e. The van der Waals surface area contributed by atoms with Crippen molar-refractivity contribution in [2.45, 2.75) is 19.9 Å². The molecule has 1 heterocycles. The number of hydrogen-bond donors (Lipinski definition) is 1. The number of rotatable bonds is 2. The first-order chi connectivity index (χ1) is 8.90. The molecule has 0 bridgehead atoms. The van der Waals surface area contributed by atoms with Gasteiger partial charge in [0.2, 0.25) is 5.91 Å². The molecular weight excluding hydrogens is 317 g/mol. The van der Waals surface area contributed by atoms with Crippen molar-refractivity contribution in [1.29, 1.82) is 0 Å². The Morgan fingerprint density at radius 1 is 1.42 bits per heavy atom. The quantitative estimate of drug-likeness (QED) is 0.846. The summed E-state index contributed by atoms with van der Waals surface area (Å²) in [5.41, 5.74) is 1.72. The van der Waals surface area contributed by atoms with Crippen LogP contribution in [0.3, 0.4) is 0 Å². The van der Waals surface area contributed by atoms with Gasteiger partial charge >= 0.3 is 5.97 Å². The van der Waals surface area contributed by atoms with E-state index in [0.29, 0.717) is 17.4 Å². The summed E-state index contributed by atoms with van der Waals surface area (Å²) in [6.07, 6.45) is 0.603. The van der Waals surface area contributed by atoms with Crippen LogP contribution in [0.4, 0.5) is 4.39 Å². The van der Waals surface area contributed by atoms with E-state index in [1.165, 1.54) is 17.9 Å². The highest BCUT2D eigenvalue weighted by atomic mass is 79.9. The molecule has 1 aliphatic heterocycles. The van der Waals surface area contributed by atoms with Crippen molar-refractivity contribution in [3.63, 3.8) is 0 Å². The molecule has 102 valence electrons. The molecule has 1 aromatic carbocycles. The van der Waals surface area contributed by atoms with Gasteiger partial charge in [0.05, 0.1) is 4.47 Å². The maximum atomic E-state index is 13.5. The molecule has 19 heavy (non-hydrogen) atoms. The Bertz CT molecular complexity index is 547. The first-order valence-corrected chi connectivity index (χ1v) is 6.68. The third-order valence-corrected chi connectivity index (χ3v) is 3.92. The van der Waals surface area contributed by atoms with E-state index in [1.807, 2.05) is 0 Å². The fourth-order valence-corrected chi connectivity index (χ4v) is 2.51. The number of aliphatic carboxylic acids is 1. The first-order valence-electron chi connectivity index (χ1n) is 5.88. The van der Waals surface area contributed by atoms with Gasteiger partial charge in [-0.2, -0.15) is 0 Å². The lowest BCUT2D eigenvalue weighted by atomic mass is 9.98. The molecule has 0 saturated heterocycles. The number of hydrogen-bond acceptors (Lipinski definition) is 2. The summed E-state index contributed by atoms with van der Waals surface area (Å²) in [5.74, 6) is -3.01. The van der Waals surface area contributed by atoms with E-state index in [9.17, 15) is 14.0 Å². The van der Waals surface area contributed by atoms with Crippen LogP contribution in [0, 0.1) is 11.7 Å². The minimum atomic E-state index is -1.14. The van der Waals surface area contributed by atoms with Crippen LogP contribution in [0.25, 0.3) is 0 Å². The zero-order chi connectivity index (χ0) is 14.2. The van der Waals surface area contributed by atoms with Crippen LogP contribution in [0.15, 0.2) is 16.6 Å². The highest BCUT2D eigenvalue weighted by molar-refractivity contribution is 9.10. The molecule has 0 radical (unpaired) electrons. The highest BCUT2D eigenvalue weighted by Crippen LogP contribution is 2.26. The highest BCUT2D eigenvalue weighted by Gasteiger charge is 2.29. The van der Waals surface area contributed by atoms with Crippen molar-refractivity contribution in [3.05, 3.63) is 33.5 Å². The van der Waals surface area contributed by atoms with Crippen LogP contribution in [-0.4, -0.2) is 28.4 Å². The van der Waals surface area contributed by atoms with Gasteiger partial charge in [0.15, 0.2) is 0 Å². The molecule has 6 heteroatoms. The molecular formula is C13H13BrFNO3. The summed E-state index contributed by atoms with van der Waals surface area (Å²) in [7, 11) is 0. The monoisotopic (exact) mass is 329 g/mol. The summed E-state index contributed by atoms with van der Waals surface area (Å²) in [6.45, 7) is 2.08. The van der Waals surface area contributed by atoms with Crippen LogP contribution >= 0.6 is 15.9 Å². The van der Waals surface area contributed by atoms with E-state index in [0.717, 1.165) is 11.1 Å². The first kappa shape index (κ1) is 14.0. The van der Waals surface area contributed by atoms with Crippen molar-refractivity contribution in [2.24, 2.45) is 5.92 Å². The second-order valence-electron chi connectivity index (χ2n) is 4.60. The molecule has 1 unspecified atom stereocenters. The Labute approximate surface area is 118 Å². The third kappa shape index (κ3) is 2.78. The normalized spacial score (nSPS) is 15.8. The second kappa shape index (κ2) is 5.28. The maximum absolute atomic E-state index is 13.5. The molecule has 0 saturated carbocycles. The van der Waals surface area contributed by atoms with E-state index in [1.54, 1.807) is 6.07 Å². The standard InChI is InChI=1S/C13H13BrFNO3/c1-7(13(18)19)12(17)16-3-2-8-4-10(14)11(15)5-9(8)6-16/h4-5,7H,2-3,6H2,1H3,(H,18,19). The van der Waals surface area contributed by atoms with Crippen molar-refractivity contribution >= 4 is 27.8 Å². The molecule has 1 atom stereocenters. The van der Waals surface area contributed by atoms with Gasteiger partial charge in [-0.05, 0) is 52.5 Å². The van der Waals surface area contributed by atoms with Gasteiger partial charge in [0.1, 0.15) is 11.7 Å². The average molecular weight is 330 g/mol. The molecule has 0 fully saturated rings. The summed E-state index contributed by atoms with van der Waals surface area (Å²) in [5, 5.41) is 8.85. The fourth-order valence-electron chi connectivity index (χ4n) is 2.12. The van der Waals surface area contributed by atoms with Crippen LogP contribution in [0.5, 0.6) is 0 Å². The van der Waals surface area contributed by atoms with Crippen LogP contribution in [-0.2, 0) is 22.6 Å². The topological polar surface area (TPSA) is 57.6 Å². The van der Waals surface area contributed by atoms with Crippen molar-refractivity contribution in [2.75, 3.05) is 6.54 Å². The van der Waals surface area contributed by atoms with Gasteiger partial charge in [0.25, 0.3) is 0 Å². The van der Waals surface area contributed by atoms with Crippen LogP contribution in [0.2, 0.25) is 0 Å².